The van der Waals surface area contributed by atoms with E-state index in [2.05, 4.69) is 37.0 Å². The smallest absolute Gasteiger partial charge is 0.142 e. The van der Waals surface area contributed by atoms with E-state index < -0.39 is 0 Å². The van der Waals surface area contributed by atoms with Crippen LogP contribution < -0.4 is 0 Å². The van der Waals surface area contributed by atoms with Gasteiger partial charge in [-0.3, -0.25) is 0 Å². The Morgan fingerprint density at radius 1 is 1.37 bits per heavy atom. The van der Waals surface area contributed by atoms with Crippen molar-refractivity contribution in [3.63, 3.8) is 0 Å². The molecule has 19 heavy (non-hydrogen) atoms. The van der Waals surface area contributed by atoms with Crippen LogP contribution >= 0.6 is 11.8 Å². The van der Waals surface area contributed by atoms with Crippen molar-refractivity contribution in [1.29, 1.82) is 5.26 Å². The molecule has 0 fully saturated rings. The van der Waals surface area contributed by atoms with Gasteiger partial charge in [-0.15, -0.1) is 0 Å². The Morgan fingerprint density at radius 2 is 2.16 bits per heavy atom. The highest BCUT2D eigenvalue weighted by Gasteiger charge is 2.19. The molecule has 0 spiro atoms. The fraction of sp³-hybridized carbons (Fsp3) is 0.357. The number of hydrogen-bond acceptors (Lipinski definition) is 5. The average molecular weight is 273 g/mol. The topological polar surface area (TPSA) is 62.7 Å². The minimum absolute atomic E-state index is 0.0328. The van der Waals surface area contributed by atoms with Gasteiger partial charge in [-0.05, 0) is 12.1 Å². The van der Waals surface area contributed by atoms with Gasteiger partial charge in [0.25, 0.3) is 0 Å². The highest BCUT2D eigenvalue weighted by Crippen LogP contribution is 2.26. The summed E-state index contributed by atoms with van der Waals surface area (Å²) in [4.78, 5) is 4.21. The van der Waals surface area contributed by atoms with Crippen LogP contribution in [0.15, 0.2) is 33.9 Å². The Labute approximate surface area is 116 Å². The predicted octanol–water partition coefficient (Wildman–Crippen LogP) is 3.53. The lowest BCUT2D eigenvalue weighted by Gasteiger charge is -2.12. The average Bonchev–Trinajstić information content (AvgIpc) is 2.85. The number of thioether (sulfide) groups is 1. The fourth-order valence-corrected chi connectivity index (χ4v) is 2.22. The van der Waals surface area contributed by atoms with E-state index in [9.17, 15) is 0 Å². The van der Waals surface area contributed by atoms with Gasteiger partial charge in [0.2, 0.25) is 0 Å². The van der Waals surface area contributed by atoms with Gasteiger partial charge < -0.3 is 4.52 Å². The fourth-order valence-electron chi connectivity index (χ4n) is 1.44. The summed E-state index contributed by atoms with van der Waals surface area (Å²) >= 11 is 1.54. The first kappa shape index (κ1) is 13.6. The van der Waals surface area contributed by atoms with E-state index in [1.807, 2.05) is 6.07 Å². The second-order valence-electron chi connectivity index (χ2n) is 5.22. The molecular weight excluding hydrogens is 258 g/mol. The van der Waals surface area contributed by atoms with E-state index >= 15 is 0 Å². The Balaban J connectivity index is 2.03. The second-order valence-corrected chi connectivity index (χ2v) is 6.21. The molecular formula is C14H15N3OS. The highest BCUT2D eigenvalue weighted by molar-refractivity contribution is 7.98. The molecule has 0 saturated heterocycles. The summed E-state index contributed by atoms with van der Waals surface area (Å²) in [5.74, 6) is 1.56. The summed E-state index contributed by atoms with van der Waals surface area (Å²) in [6.45, 7) is 6.26. The van der Waals surface area contributed by atoms with Gasteiger partial charge in [0.15, 0.2) is 0 Å². The molecule has 0 amide bonds. The summed E-state index contributed by atoms with van der Waals surface area (Å²) < 4.78 is 5.33. The summed E-state index contributed by atoms with van der Waals surface area (Å²) in [5.41, 5.74) is 1.47. The van der Waals surface area contributed by atoms with Crippen molar-refractivity contribution in [1.82, 2.24) is 10.1 Å². The van der Waals surface area contributed by atoms with E-state index in [4.69, 9.17) is 9.78 Å². The van der Waals surface area contributed by atoms with Gasteiger partial charge in [-0.1, -0.05) is 37.7 Å². The lowest BCUT2D eigenvalue weighted by atomic mass is 9.93. The molecule has 0 unspecified atom stereocenters. The maximum Gasteiger partial charge on any atom is 0.142 e. The first-order chi connectivity index (χ1) is 8.99. The second kappa shape index (κ2) is 5.45. The van der Waals surface area contributed by atoms with Gasteiger partial charge in [0, 0.05) is 23.4 Å². The summed E-state index contributed by atoms with van der Waals surface area (Å²) in [5, 5.41) is 13.7. The zero-order valence-electron chi connectivity index (χ0n) is 11.2. The van der Waals surface area contributed by atoms with E-state index in [0.29, 0.717) is 11.3 Å². The van der Waals surface area contributed by atoms with Crippen molar-refractivity contribution in [2.75, 3.05) is 0 Å². The molecule has 98 valence electrons. The molecule has 5 heteroatoms. The van der Waals surface area contributed by atoms with Gasteiger partial charge in [0.1, 0.15) is 5.76 Å². The van der Waals surface area contributed by atoms with Crippen molar-refractivity contribution in [2.24, 2.45) is 0 Å². The SMILES string of the molecule is CC(C)(C)c1cc(CSc2cc(C#N)ccn2)no1. The zero-order valence-corrected chi connectivity index (χ0v) is 12.0. The maximum atomic E-state index is 8.83. The van der Waals surface area contributed by atoms with Gasteiger partial charge in [-0.2, -0.15) is 5.26 Å². The third-order valence-electron chi connectivity index (χ3n) is 2.53. The Hall–Kier alpha value is -1.80. The first-order valence-electron chi connectivity index (χ1n) is 5.94. The van der Waals surface area contributed by atoms with Crippen LogP contribution in [0, 0.1) is 11.3 Å². The molecule has 4 nitrogen and oxygen atoms in total. The number of hydrogen-bond donors (Lipinski definition) is 0. The van der Waals surface area contributed by atoms with Crippen LogP contribution in [0.25, 0.3) is 0 Å². The first-order valence-corrected chi connectivity index (χ1v) is 6.92. The van der Waals surface area contributed by atoms with Crippen LogP contribution in [0.2, 0.25) is 0 Å². The number of rotatable bonds is 3. The molecule has 0 aliphatic carbocycles. The molecule has 0 aromatic carbocycles. The molecule has 2 aromatic heterocycles. The summed E-state index contributed by atoms with van der Waals surface area (Å²) in [6.07, 6.45) is 1.64. The molecule has 0 radical (unpaired) electrons. The highest BCUT2D eigenvalue weighted by atomic mass is 32.2. The number of aromatic nitrogens is 2. The molecule has 2 aromatic rings. The van der Waals surface area contributed by atoms with Crippen molar-refractivity contribution in [3.05, 3.63) is 41.4 Å². The minimum atomic E-state index is -0.0328. The van der Waals surface area contributed by atoms with Crippen molar-refractivity contribution >= 4 is 11.8 Å². The van der Waals surface area contributed by atoms with Crippen molar-refractivity contribution in [2.45, 2.75) is 37.0 Å². The quantitative estimate of drug-likeness (QED) is 0.800. The van der Waals surface area contributed by atoms with E-state index in [-0.39, 0.29) is 5.41 Å². The van der Waals surface area contributed by atoms with Crippen LogP contribution in [0.3, 0.4) is 0 Å². The van der Waals surface area contributed by atoms with Gasteiger partial charge >= 0.3 is 0 Å². The van der Waals surface area contributed by atoms with Crippen LogP contribution in [0.4, 0.5) is 0 Å². The van der Waals surface area contributed by atoms with Crippen LogP contribution in [-0.2, 0) is 11.2 Å². The largest absolute Gasteiger partial charge is 0.361 e. The molecule has 0 N–H and O–H groups in total. The lowest BCUT2D eigenvalue weighted by Crippen LogP contribution is -2.09. The third-order valence-corrected chi connectivity index (χ3v) is 3.49. The summed E-state index contributed by atoms with van der Waals surface area (Å²) in [7, 11) is 0. The van der Waals surface area contributed by atoms with Gasteiger partial charge in [0.05, 0.1) is 22.4 Å². The Kier molecular flexibility index (Phi) is 3.91. The predicted molar refractivity (Wildman–Crippen MR) is 73.7 cm³/mol. The standard InChI is InChI=1S/C14H15N3OS/c1-14(2,3)12-7-11(17-18-12)9-19-13-6-10(8-15)4-5-16-13/h4-7H,9H2,1-3H3. The normalized spacial score (nSPS) is 11.3. The Morgan fingerprint density at radius 3 is 2.79 bits per heavy atom. The molecule has 2 heterocycles. The lowest BCUT2D eigenvalue weighted by molar-refractivity contribution is 0.327. The molecule has 2 rings (SSSR count). The maximum absolute atomic E-state index is 8.83. The van der Waals surface area contributed by atoms with E-state index in [0.717, 1.165) is 16.5 Å². The summed E-state index contributed by atoms with van der Waals surface area (Å²) in [6, 6.07) is 7.54. The Bertz CT molecular complexity index is 608. The van der Waals surface area contributed by atoms with Crippen LogP contribution in [-0.4, -0.2) is 10.1 Å². The molecule has 0 aliphatic heterocycles. The zero-order chi connectivity index (χ0) is 13.9. The van der Waals surface area contributed by atoms with Crippen molar-refractivity contribution in [3.8, 4) is 6.07 Å². The molecule has 0 aliphatic rings. The minimum Gasteiger partial charge on any atom is -0.361 e. The van der Waals surface area contributed by atoms with Crippen LogP contribution in [0.5, 0.6) is 0 Å². The van der Waals surface area contributed by atoms with Crippen molar-refractivity contribution < 1.29 is 4.52 Å². The molecule has 0 atom stereocenters. The van der Waals surface area contributed by atoms with Gasteiger partial charge in [-0.25, -0.2) is 4.98 Å². The monoisotopic (exact) mass is 273 g/mol. The molecule has 0 saturated carbocycles. The third kappa shape index (κ3) is 3.58. The number of nitrogens with zero attached hydrogens (tertiary/aromatic N) is 3. The molecule has 0 bridgehead atoms. The van der Waals surface area contributed by atoms with E-state index in [1.54, 1.807) is 30.1 Å². The number of pyridine rings is 1. The number of nitriles is 1. The van der Waals surface area contributed by atoms with Crippen LogP contribution in [0.1, 0.15) is 37.8 Å². The van der Waals surface area contributed by atoms with E-state index in [1.165, 1.54) is 0 Å².